The zero-order valence-corrected chi connectivity index (χ0v) is 9.42. The lowest BCUT2D eigenvalue weighted by molar-refractivity contribution is -0.135. The predicted molar refractivity (Wildman–Crippen MR) is 61.0 cm³/mol. The second-order valence-corrected chi connectivity index (χ2v) is 3.25. The van der Waals surface area contributed by atoms with Gasteiger partial charge >= 0.3 is 5.97 Å². The third-order valence-electron chi connectivity index (χ3n) is 2.04. The van der Waals surface area contributed by atoms with Crippen LogP contribution in [0.25, 0.3) is 0 Å². The summed E-state index contributed by atoms with van der Waals surface area (Å²) in [5.74, 6) is -1.48. The van der Waals surface area contributed by atoms with E-state index in [2.05, 4.69) is 9.89 Å². The van der Waals surface area contributed by atoms with E-state index in [1.165, 1.54) is 0 Å². The van der Waals surface area contributed by atoms with Gasteiger partial charge in [0.15, 0.2) is 5.78 Å². The summed E-state index contributed by atoms with van der Waals surface area (Å²) in [6.45, 7) is 1.73. The first-order chi connectivity index (χ1) is 8.19. The number of oxime groups is 1. The fourth-order valence-electron chi connectivity index (χ4n) is 1.27. The molecule has 0 fully saturated rings. The van der Waals surface area contributed by atoms with Crippen LogP contribution in [0.15, 0.2) is 35.5 Å². The van der Waals surface area contributed by atoms with Crippen LogP contribution < -0.4 is 0 Å². The number of ether oxygens (including phenoxy) is 1. The second-order valence-electron chi connectivity index (χ2n) is 3.25. The summed E-state index contributed by atoms with van der Waals surface area (Å²) >= 11 is 0. The third kappa shape index (κ3) is 3.71. The number of benzene rings is 1. The quantitative estimate of drug-likeness (QED) is 0.273. The van der Waals surface area contributed by atoms with Crippen molar-refractivity contribution in [2.24, 2.45) is 5.16 Å². The molecule has 0 aromatic heterocycles. The molecule has 5 heteroatoms. The summed E-state index contributed by atoms with van der Waals surface area (Å²) in [7, 11) is 0. The highest BCUT2D eigenvalue weighted by atomic mass is 16.5. The van der Waals surface area contributed by atoms with Gasteiger partial charge < -0.3 is 9.94 Å². The summed E-state index contributed by atoms with van der Waals surface area (Å²) < 4.78 is 4.60. The fraction of sp³-hybridized carbons (Fsp3) is 0.250. The molecule has 0 radical (unpaired) electrons. The average Bonchev–Trinajstić information content (AvgIpc) is 2.31. The maximum absolute atomic E-state index is 11.7. The Hall–Kier alpha value is -2.17. The summed E-state index contributed by atoms with van der Waals surface area (Å²) in [6, 6.07) is 8.88. The average molecular weight is 235 g/mol. The Morgan fingerprint density at radius 1 is 1.29 bits per heavy atom. The molecule has 1 aromatic rings. The molecule has 90 valence electrons. The molecular formula is C12H13NO4. The Bertz CT molecular complexity index is 425. The van der Waals surface area contributed by atoms with Gasteiger partial charge in [0.2, 0.25) is 5.71 Å². The number of Topliss-reactive ketones (excluding diaryl/α,β-unsaturated/α-hetero) is 1. The Labute approximate surface area is 98.7 Å². The van der Waals surface area contributed by atoms with Crippen molar-refractivity contribution in [3.05, 3.63) is 35.9 Å². The van der Waals surface area contributed by atoms with E-state index in [0.717, 1.165) is 5.56 Å². The predicted octanol–water partition coefficient (Wildman–Crippen LogP) is 1.19. The molecule has 0 heterocycles. The van der Waals surface area contributed by atoms with Gasteiger partial charge in [-0.15, -0.1) is 0 Å². The molecule has 17 heavy (non-hydrogen) atoms. The van der Waals surface area contributed by atoms with Gasteiger partial charge in [0, 0.05) is 6.42 Å². The van der Waals surface area contributed by atoms with Gasteiger partial charge in [-0.05, 0) is 12.5 Å². The van der Waals surface area contributed by atoms with Crippen molar-refractivity contribution >= 4 is 17.5 Å². The van der Waals surface area contributed by atoms with E-state index in [9.17, 15) is 9.59 Å². The van der Waals surface area contributed by atoms with Crippen molar-refractivity contribution in [2.75, 3.05) is 6.61 Å². The van der Waals surface area contributed by atoms with Gasteiger partial charge in [-0.3, -0.25) is 4.79 Å². The largest absolute Gasteiger partial charge is 0.461 e. The molecule has 0 atom stereocenters. The van der Waals surface area contributed by atoms with Crippen LogP contribution in [-0.4, -0.2) is 29.3 Å². The van der Waals surface area contributed by atoms with Crippen molar-refractivity contribution in [3.63, 3.8) is 0 Å². The van der Waals surface area contributed by atoms with Crippen LogP contribution in [0.2, 0.25) is 0 Å². The van der Waals surface area contributed by atoms with E-state index in [4.69, 9.17) is 5.21 Å². The number of nitrogens with zero attached hydrogens (tertiary/aromatic N) is 1. The third-order valence-corrected chi connectivity index (χ3v) is 2.04. The lowest BCUT2D eigenvalue weighted by Gasteiger charge is -2.03. The smallest absolute Gasteiger partial charge is 0.364 e. The number of hydrogen-bond donors (Lipinski definition) is 1. The van der Waals surface area contributed by atoms with Gasteiger partial charge in [-0.2, -0.15) is 0 Å². The van der Waals surface area contributed by atoms with E-state index in [-0.39, 0.29) is 13.0 Å². The summed E-state index contributed by atoms with van der Waals surface area (Å²) in [5, 5.41) is 11.3. The fourth-order valence-corrected chi connectivity index (χ4v) is 1.27. The normalized spacial score (nSPS) is 11.0. The minimum absolute atomic E-state index is 0.000945. The number of carbonyl (C=O) groups is 2. The second kappa shape index (κ2) is 6.42. The zero-order chi connectivity index (χ0) is 12.7. The highest BCUT2D eigenvalue weighted by Crippen LogP contribution is 2.02. The molecule has 0 spiro atoms. The lowest BCUT2D eigenvalue weighted by atomic mass is 10.1. The van der Waals surface area contributed by atoms with E-state index in [1.807, 2.05) is 6.07 Å². The highest BCUT2D eigenvalue weighted by Gasteiger charge is 2.22. The van der Waals surface area contributed by atoms with Crippen LogP contribution in [0.3, 0.4) is 0 Å². The van der Waals surface area contributed by atoms with Gasteiger partial charge in [-0.1, -0.05) is 35.5 Å². The zero-order valence-electron chi connectivity index (χ0n) is 9.42. The highest BCUT2D eigenvalue weighted by molar-refractivity contribution is 6.64. The van der Waals surface area contributed by atoms with Crippen molar-refractivity contribution in [2.45, 2.75) is 13.3 Å². The van der Waals surface area contributed by atoms with Crippen molar-refractivity contribution in [1.82, 2.24) is 0 Å². The Balaban J connectivity index is 2.72. The molecule has 0 aliphatic heterocycles. The van der Waals surface area contributed by atoms with Crippen LogP contribution in [-0.2, 0) is 20.7 Å². The van der Waals surface area contributed by atoms with E-state index < -0.39 is 17.5 Å². The maximum atomic E-state index is 11.7. The molecule has 5 nitrogen and oxygen atoms in total. The van der Waals surface area contributed by atoms with Crippen LogP contribution in [0.4, 0.5) is 0 Å². The number of hydrogen-bond acceptors (Lipinski definition) is 5. The molecule has 0 saturated heterocycles. The van der Waals surface area contributed by atoms with E-state index in [1.54, 1.807) is 31.2 Å². The van der Waals surface area contributed by atoms with Crippen LogP contribution in [0, 0.1) is 0 Å². The van der Waals surface area contributed by atoms with Crippen molar-refractivity contribution < 1.29 is 19.5 Å². The SMILES string of the molecule is CCOC(=O)/C(=N\O)C(=O)Cc1ccccc1. The van der Waals surface area contributed by atoms with Crippen molar-refractivity contribution in [1.29, 1.82) is 0 Å². The molecule has 0 aliphatic rings. The first-order valence-electron chi connectivity index (χ1n) is 5.15. The summed E-state index contributed by atoms with van der Waals surface area (Å²) in [5.41, 5.74) is 0.165. The van der Waals surface area contributed by atoms with Crippen LogP contribution in [0.5, 0.6) is 0 Å². The summed E-state index contributed by atoms with van der Waals surface area (Å²) in [4.78, 5) is 22.9. The number of esters is 1. The van der Waals surface area contributed by atoms with Gasteiger partial charge in [-0.25, -0.2) is 4.79 Å². The molecule has 1 rings (SSSR count). The lowest BCUT2D eigenvalue weighted by Crippen LogP contribution is -2.27. The molecule has 0 amide bonds. The van der Waals surface area contributed by atoms with Crippen LogP contribution >= 0.6 is 0 Å². The van der Waals surface area contributed by atoms with E-state index >= 15 is 0 Å². The standard InChI is InChI=1S/C12H13NO4/c1-2-17-12(15)11(13-16)10(14)8-9-6-4-3-5-7-9/h3-7,16H,2,8H2,1H3/b13-11-. The monoisotopic (exact) mass is 235 g/mol. The molecule has 0 saturated carbocycles. The molecule has 0 aliphatic carbocycles. The van der Waals surface area contributed by atoms with Gasteiger partial charge in [0.05, 0.1) is 6.61 Å². The molecular weight excluding hydrogens is 222 g/mol. The Morgan fingerprint density at radius 3 is 2.47 bits per heavy atom. The first kappa shape index (κ1) is 12.9. The number of ketones is 1. The molecule has 1 N–H and O–H groups in total. The van der Waals surface area contributed by atoms with Gasteiger partial charge in [0.25, 0.3) is 0 Å². The molecule has 0 unspecified atom stereocenters. The minimum atomic E-state index is -0.907. The number of carbonyl (C=O) groups excluding carboxylic acids is 2. The van der Waals surface area contributed by atoms with Crippen molar-refractivity contribution in [3.8, 4) is 0 Å². The first-order valence-corrected chi connectivity index (χ1v) is 5.15. The molecule has 0 bridgehead atoms. The van der Waals surface area contributed by atoms with Gasteiger partial charge in [0.1, 0.15) is 0 Å². The summed E-state index contributed by atoms with van der Waals surface area (Å²) in [6.07, 6.45) is -0.000945. The van der Waals surface area contributed by atoms with E-state index in [0.29, 0.717) is 0 Å². The Kier molecular flexibility index (Phi) is 4.87. The van der Waals surface area contributed by atoms with Crippen LogP contribution in [0.1, 0.15) is 12.5 Å². The Morgan fingerprint density at radius 2 is 1.94 bits per heavy atom. The number of rotatable bonds is 5. The topological polar surface area (TPSA) is 76.0 Å². The maximum Gasteiger partial charge on any atom is 0.364 e. The minimum Gasteiger partial charge on any atom is -0.461 e. The molecule has 1 aromatic carbocycles.